The molecular formula is C11H14ClNO2. The molecule has 15 heavy (non-hydrogen) atoms. The van der Waals surface area contributed by atoms with Gasteiger partial charge in [0.1, 0.15) is 13.2 Å². The quantitative estimate of drug-likeness (QED) is 0.573. The van der Waals surface area contributed by atoms with Crippen molar-refractivity contribution in [3.8, 4) is 5.88 Å². The van der Waals surface area contributed by atoms with Crippen LogP contribution in [0.15, 0.2) is 24.6 Å². The van der Waals surface area contributed by atoms with Gasteiger partial charge in [-0.2, -0.15) is 0 Å². The van der Waals surface area contributed by atoms with Crippen LogP contribution in [-0.4, -0.2) is 18.2 Å². The minimum Gasteiger partial charge on any atom is -0.495 e. The number of rotatable bonds is 5. The molecule has 0 aliphatic heterocycles. The molecule has 1 rings (SSSR count). The van der Waals surface area contributed by atoms with Gasteiger partial charge < -0.3 is 9.47 Å². The first-order valence-corrected chi connectivity index (χ1v) is 5.00. The summed E-state index contributed by atoms with van der Waals surface area (Å²) in [5.41, 5.74) is 0.915. The molecular weight excluding hydrogens is 214 g/mol. The Morgan fingerprint density at radius 1 is 1.53 bits per heavy atom. The summed E-state index contributed by atoms with van der Waals surface area (Å²) in [4.78, 5) is 4.06. The Bertz CT molecular complexity index is 352. The van der Waals surface area contributed by atoms with E-state index in [1.54, 1.807) is 13.1 Å². The predicted molar refractivity (Wildman–Crippen MR) is 60.2 cm³/mol. The second kappa shape index (κ2) is 5.61. The standard InChI is InChI=1S/C11H14ClNO2/c1-8(2)14-4-5-15-11-9(3)6-10(12)7-13-11/h6-7H,1,4-5H2,2-3H3. The highest BCUT2D eigenvalue weighted by atomic mass is 35.5. The molecule has 0 spiro atoms. The number of nitrogens with zero attached hydrogens (tertiary/aromatic N) is 1. The van der Waals surface area contributed by atoms with Crippen LogP contribution in [0.2, 0.25) is 5.02 Å². The third-order valence-electron chi connectivity index (χ3n) is 1.67. The average molecular weight is 228 g/mol. The SMILES string of the molecule is C=C(C)OCCOc1ncc(Cl)cc1C. The molecule has 1 heterocycles. The van der Waals surface area contributed by atoms with Crippen LogP contribution in [0.4, 0.5) is 0 Å². The molecule has 0 radical (unpaired) electrons. The fourth-order valence-electron chi connectivity index (χ4n) is 1.03. The van der Waals surface area contributed by atoms with Gasteiger partial charge in [0.15, 0.2) is 0 Å². The summed E-state index contributed by atoms with van der Waals surface area (Å²) in [5.74, 6) is 1.27. The molecule has 3 nitrogen and oxygen atoms in total. The molecule has 1 aromatic heterocycles. The second-order valence-corrected chi connectivity index (χ2v) is 3.61. The number of ether oxygens (including phenoxy) is 2. The fraction of sp³-hybridized carbons (Fsp3) is 0.364. The van der Waals surface area contributed by atoms with Crippen LogP contribution in [-0.2, 0) is 4.74 Å². The van der Waals surface area contributed by atoms with Crippen LogP contribution in [0.25, 0.3) is 0 Å². The predicted octanol–water partition coefficient (Wildman–Crippen LogP) is 2.97. The molecule has 82 valence electrons. The molecule has 0 aliphatic rings. The van der Waals surface area contributed by atoms with E-state index in [4.69, 9.17) is 21.1 Å². The lowest BCUT2D eigenvalue weighted by atomic mass is 10.3. The second-order valence-electron chi connectivity index (χ2n) is 3.17. The molecule has 0 aliphatic carbocycles. The van der Waals surface area contributed by atoms with Crippen molar-refractivity contribution in [2.75, 3.05) is 13.2 Å². The summed E-state index contributed by atoms with van der Waals surface area (Å²) < 4.78 is 10.6. The van der Waals surface area contributed by atoms with Crippen molar-refractivity contribution in [3.05, 3.63) is 35.2 Å². The Kier molecular flexibility index (Phi) is 4.43. The van der Waals surface area contributed by atoms with Gasteiger partial charge in [0.2, 0.25) is 5.88 Å². The van der Waals surface area contributed by atoms with Crippen LogP contribution >= 0.6 is 11.6 Å². The van der Waals surface area contributed by atoms with Gasteiger partial charge >= 0.3 is 0 Å². The van der Waals surface area contributed by atoms with E-state index in [-0.39, 0.29) is 0 Å². The molecule has 0 fully saturated rings. The highest BCUT2D eigenvalue weighted by Gasteiger charge is 2.01. The summed E-state index contributed by atoms with van der Waals surface area (Å²) in [6.07, 6.45) is 1.56. The largest absolute Gasteiger partial charge is 0.495 e. The lowest BCUT2D eigenvalue weighted by Gasteiger charge is -2.08. The monoisotopic (exact) mass is 227 g/mol. The van der Waals surface area contributed by atoms with Crippen molar-refractivity contribution in [1.82, 2.24) is 4.98 Å². The first-order valence-electron chi connectivity index (χ1n) is 4.63. The highest BCUT2D eigenvalue weighted by molar-refractivity contribution is 6.30. The Morgan fingerprint density at radius 2 is 2.27 bits per heavy atom. The van der Waals surface area contributed by atoms with Crippen molar-refractivity contribution in [3.63, 3.8) is 0 Å². The van der Waals surface area contributed by atoms with Crippen LogP contribution in [0.3, 0.4) is 0 Å². The van der Waals surface area contributed by atoms with Gasteiger partial charge in [0, 0.05) is 11.8 Å². The maximum absolute atomic E-state index is 5.77. The summed E-state index contributed by atoms with van der Waals surface area (Å²) in [7, 11) is 0. The van der Waals surface area contributed by atoms with Gasteiger partial charge in [0.05, 0.1) is 10.8 Å². The van der Waals surface area contributed by atoms with E-state index in [2.05, 4.69) is 11.6 Å². The van der Waals surface area contributed by atoms with Gasteiger partial charge in [-0.1, -0.05) is 18.2 Å². The van der Waals surface area contributed by atoms with Gasteiger partial charge in [-0.3, -0.25) is 0 Å². The number of allylic oxidation sites excluding steroid dienone is 1. The summed E-state index contributed by atoms with van der Waals surface area (Å²) in [6, 6.07) is 1.81. The van der Waals surface area contributed by atoms with Gasteiger partial charge in [0.25, 0.3) is 0 Å². The topological polar surface area (TPSA) is 31.4 Å². The molecule has 0 saturated carbocycles. The third-order valence-corrected chi connectivity index (χ3v) is 1.87. The minimum absolute atomic E-state index is 0.447. The molecule has 0 amide bonds. The van der Waals surface area contributed by atoms with E-state index in [1.807, 2.05) is 13.0 Å². The molecule has 4 heteroatoms. The summed E-state index contributed by atoms with van der Waals surface area (Å²) in [6.45, 7) is 8.23. The third kappa shape index (κ3) is 4.21. The number of pyridine rings is 1. The Hall–Kier alpha value is -1.22. The molecule has 1 aromatic rings. The van der Waals surface area contributed by atoms with Crippen molar-refractivity contribution < 1.29 is 9.47 Å². The zero-order valence-corrected chi connectivity index (χ0v) is 9.67. The van der Waals surface area contributed by atoms with Crippen molar-refractivity contribution >= 4 is 11.6 Å². The number of hydrogen-bond acceptors (Lipinski definition) is 3. The first-order chi connectivity index (χ1) is 7.09. The van der Waals surface area contributed by atoms with Crippen LogP contribution in [0.1, 0.15) is 12.5 Å². The van der Waals surface area contributed by atoms with Crippen molar-refractivity contribution in [1.29, 1.82) is 0 Å². The Balaban J connectivity index is 2.40. The zero-order chi connectivity index (χ0) is 11.3. The van der Waals surface area contributed by atoms with E-state index in [0.717, 1.165) is 5.56 Å². The maximum atomic E-state index is 5.77. The minimum atomic E-state index is 0.447. The fourth-order valence-corrected chi connectivity index (χ4v) is 1.25. The van der Waals surface area contributed by atoms with Crippen LogP contribution < -0.4 is 4.74 Å². The summed E-state index contributed by atoms with van der Waals surface area (Å²) in [5, 5.41) is 0.609. The van der Waals surface area contributed by atoms with Crippen LogP contribution in [0.5, 0.6) is 5.88 Å². The van der Waals surface area contributed by atoms with E-state index in [0.29, 0.717) is 29.9 Å². The van der Waals surface area contributed by atoms with E-state index in [9.17, 15) is 0 Å². The lowest BCUT2D eigenvalue weighted by Crippen LogP contribution is -2.07. The Labute approximate surface area is 94.7 Å². The van der Waals surface area contributed by atoms with Gasteiger partial charge in [-0.25, -0.2) is 4.98 Å². The number of hydrogen-bond donors (Lipinski definition) is 0. The molecule has 0 bridgehead atoms. The molecule has 0 aromatic carbocycles. The zero-order valence-electron chi connectivity index (χ0n) is 8.92. The molecule has 0 saturated heterocycles. The van der Waals surface area contributed by atoms with Crippen LogP contribution in [0, 0.1) is 6.92 Å². The normalized spacial score (nSPS) is 9.80. The van der Waals surface area contributed by atoms with Crippen molar-refractivity contribution in [2.45, 2.75) is 13.8 Å². The first kappa shape index (κ1) is 11.9. The van der Waals surface area contributed by atoms with Gasteiger partial charge in [-0.05, 0) is 19.9 Å². The van der Waals surface area contributed by atoms with E-state index < -0.39 is 0 Å². The molecule has 0 atom stereocenters. The number of aryl methyl sites for hydroxylation is 1. The molecule has 0 unspecified atom stereocenters. The maximum Gasteiger partial charge on any atom is 0.216 e. The number of aromatic nitrogens is 1. The van der Waals surface area contributed by atoms with E-state index >= 15 is 0 Å². The van der Waals surface area contributed by atoms with Gasteiger partial charge in [-0.15, -0.1) is 0 Å². The molecule has 0 N–H and O–H groups in total. The lowest BCUT2D eigenvalue weighted by molar-refractivity contribution is 0.155. The van der Waals surface area contributed by atoms with Crippen molar-refractivity contribution in [2.24, 2.45) is 0 Å². The smallest absolute Gasteiger partial charge is 0.216 e. The van der Waals surface area contributed by atoms with E-state index in [1.165, 1.54) is 0 Å². The number of halogens is 1. The Morgan fingerprint density at radius 3 is 2.87 bits per heavy atom. The summed E-state index contributed by atoms with van der Waals surface area (Å²) >= 11 is 5.77. The highest BCUT2D eigenvalue weighted by Crippen LogP contribution is 2.17. The average Bonchev–Trinajstić information content (AvgIpc) is 2.14.